The first kappa shape index (κ1) is 20.7. The van der Waals surface area contributed by atoms with Crippen LogP contribution < -0.4 is 14.8 Å². The third-order valence-electron chi connectivity index (χ3n) is 4.54. The molecule has 9 nitrogen and oxygen atoms in total. The van der Waals surface area contributed by atoms with E-state index in [9.17, 15) is 18.0 Å². The highest BCUT2D eigenvalue weighted by Crippen LogP contribution is 2.48. The van der Waals surface area contributed by atoms with Crippen LogP contribution in [0, 0.1) is 11.7 Å². The number of aromatic nitrogens is 3. The summed E-state index contributed by atoms with van der Waals surface area (Å²) in [5, 5.41) is 10.9. The zero-order valence-electron chi connectivity index (χ0n) is 16.1. The molecule has 3 aromatic rings. The lowest BCUT2D eigenvalue weighted by Gasteiger charge is -2.11. The molecule has 1 aliphatic rings. The van der Waals surface area contributed by atoms with E-state index in [0.717, 1.165) is 6.07 Å². The van der Waals surface area contributed by atoms with Gasteiger partial charge in [-0.05, 0) is 25.1 Å². The fourth-order valence-electron chi connectivity index (χ4n) is 2.76. The van der Waals surface area contributed by atoms with Crippen LogP contribution in [-0.2, 0) is 0 Å². The highest BCUT2D eigenvalue weighted by Gasteiger charge is 2.57. The van der Waals surface area contributed by atoms with E-state index in [1.807, 2.05) is 0 Å². The van der Waals surface area contributed by atoms with E-state index in [0.29, 0.717) is 11.1 Å². The van der Waals surface area contributed by atoms with Crippen molar-refractivity contribution in [2.24, 2.45) is 5.92 Å². The Bertz CT molecular complexity index is 1120. The second kappa shape index (κ2) is 7.93. The van der Waals surface area contributed by atoms with Gasteiger partial charge in [0.2, 0.25) is 5.89 Å². The predicted molar refractivity (Wildman–Crippen MR) is 99.7 cm³/mol. The van der Waals surface area contributed by atoms with Crippen molar-refractivity contribution in [1.82, 2.24) is 20.3 Å². The molecular weight excluding hydrogens is 421 g/mol. The molecule has 0 unspecified atom stereocenters. The van der Waals surface area contributed by atoms with Crippen molar-refractivity contribution in [2.45, 2.75) is 25.3 Å². The Labute approximate surface area is 173 Å². The summed E-state index contributed by atoms with van der Waals surface area (Å²) in [6, 6.07) is 3.39. The summed E-state index contributed by atoms with van der Waals surface area (Å²) in [6.07, 6.45) is -0.0810. The third kappa shape index (κ3) is 4.78. The minimum Gasteiger partial charge on any atom is -0.490 e. The van der Waals surface area contributed by atoms with E-state index >= 15 is 0 Å². The van der Waals surface area contributed by atoms with Crippen LogP contribution in [-0.4, -0.2) is 51.3 Å². The molecule has 1 amide bonds. The number of nitrogens with one attached hydrogen (secondary N) is 1. The molecule has 1 fully saturated rings. The monoisotopic (exact) mass is 438 g/mol. The molecule has 2 aromatic heterocycles. The Morgan fingerprint density at radius 2 is 2.16 bits per heavy atom. The zero-order chi connectivity index (χ0) is 22.2. The Morgan fingerprint density at radius 3 is 2.84 bits per heavy atom. The molecule has 4 rings (SSSR count). The summed E-state index contributed by atoms with van der Waals surface area (Å²) in [4.78, 5) is 22.8. The molecule has 1 aliphatic carbocycles. The minimum absolute atomic E-state index is 0.00172. The van der Waals surface area contributed by atoms with Gasteiger partial charge in [-0.2, -0.15) is 4.98 Å². The zero-order valence-corrected chi connectivity index (χ0v) is 16.1. The first-order chi connectivity index (χ1) is 14.7. The van der Waals surface area contributed by atoms with E-state index in [-0.39, 0.29) is 43.0 Å². The first-order valence-electron chi connectivity index (χ1n) is 9.27. The molecule has 0 aliphatic heterocycles. The largest absolute Gasteiger partial charge is 0.490 e. The molecule has 1 saturated carbocycles. The van der Waals surface area contributed by atoms with Gasteiger partial charge in [0.15, 0.2) is 11.6 Å². The third-order valence-corrected chi connectivity index (χ3v) is 4.54. The van der Waals surface area contributed by atoms with Crippen LogP contribution in [0.25, 0.3) is 22.7 Å². The summed E-state index contributed by atoms with van der Waals surface area (Å²) >= 11 is 0. The standard InChI is InChI=1S/C19H17F3N4O5/c1-9(24-18(27)28)7-30-17-23-6-13-16(26-17)31-15(25-13)10-2-3-14(12(20)4-10)29-8-11-5-19(11,21)22/h2-4,6,9,11,24H,5,7-8H2,1H3,(H,27,28)/t9-,11+/m0/s1. The van der Waals surface area contributed by atoms with Crippen molar-refractivity contribution in [3.05, 3.63) is 30.2 Å². The number of carboxylic acid groups (broad SMARTS) is 1. The van der Waals surface area contributed by atoms with E-state index < -0.39 is 29.8 Å². The van der Waals surface area contributed by atoms with Crippen molar-refractivity contribution in [1.29, 1.82) is 0 Å². The number of hydrogen-bond acceptors (Lipinski definition) is 7. The van der Waals surface area contributed by atoms with Crippen LogP contribution in [0.5, 0.6) is 11.8 Å². The molecular formula is C19H17F3N4O5. The number of alkyl halides is 2. The number of ether oxygens (including phenoxy) is 2. The molecule has 12 heteroatoms. The molecule has 0 radical (unpaired) electrons. The Morgan fingerprint density at radius 1 is 1.39 bits per heavy atom. The smallest absolute Gasteiger partial charge is 0.404 e. The van der Waals surface area contributed by atoms with Gasteiger partial charge >= 0.3 is 12.1 Å². The molecule has 2 heterocycles. The minimum atomic E-state index is -2.73. The number of benzene rings is 1. The van der Waals surface area contributed by atoms with Gasteiger partial charge in [0.1, 0.15) is 12.1 Å². The highest BCUT2D eigenvalue weighted by atomic mass is 19.3. The van der Waals surface area contributed by atoms with Gasteiger partial charge in [-0.25, -0.2) is 27.9 Å². The number of nitrogens with zero attached hydrogens (tertiary/aromatic N) is 3. The quantitative estimate of drug-likeness (QED) is 0.549. The second-order valence-corrected chi connectivity index (χ2v) is 7.14. The number of hydrogen-bond donors (Lipinski definition) is 2. The van der Waals surface area contributed by atoms with Crippen LogP contribution in [0.1, 0.15) is 13.3 Å². The van der Waals surface area contributed by atoms with Crippen molar-refractivity contribution in [3.8, 4) is 23.2 Å². The molecule has 0 bridgehead atoms. The van der Waals surface area contributed by atoms with Gasteiger partial charge in [0.05, 0.1) is 24.8 Å². The van der Waals surface area contributed by atoms with Gasteiger partial charge in [-0.3, -0.25) is 0 Å². The van der Waals surface area contributed by atoms with E-state index in [1.165, 1.54) is 18.3 Å². The van der Waals surface area contributed by atoms with Gasteiger partial charge < -0.3 is 24.3 Å². The number of amides is 1. The molecule has 31 heavy (non-hydrogen) atoms. The lowest BCUT2D eigenvalue weighted by molar-refractivity contribution is 0.0850. The van der Waals surface area contributed by atoms with Gasteiger partial charge in [0, 0.05) is 12.0 Å². The Hall–Kier alpha value is -3.57. The van der Waals surface area contributed by atoms with E-state index in [4.69, 9.17) is 19.0 Å². The normalized spacial score (nSPS) is 17.9. The van der Waals surface area contributed by atoms with Crippen molar-refractivity contribution >= 4 is 17.3 Å². The van der Waals surface area contributed by atoms with Gasteiger partial charge in [-0.15, -0.1) is 0 Å². The number of fused-ring (bicyclic) bond motifs is 1. The maximum Gasteiger partial charge on any atom is 0.404 e. The number of rotatable bonds is 8. The van der Waals surface area contributed by atoms with Gasteiger partial charge in [0.25, 0.3) is 11.6 Å². The van der Waals surface area contributed by atoms with Crippen LogP contribution >= 0.6 is 0 Å². The fourth-order valence-corrected chi connectivity index (χ4v) is 2.76. The van der Waals surface area contributed by atoms with E-state index in [2.05, 4.69) is 20.3 Å². The average molecular weight is 438 g/mol. The van der Waals surface area contributed by atoms with Gasteiger partial charge in [-0.1, -0.05) is 0 Å². The van der Waals surface area contributed by atoms with Crippen molar-refractivity contribution < 1.29 is 37.0 Å². The molecule has 0 saturated heterocycles. The molecule has 2 atom stereocenters. The van der Waals surface area contributed by atoms with E-state index in [1.54, 1.807) is 6.92 Å². The average Bonchev–Trinajstić information content (AvgIpc) is 3.11. The summed E-state index contributed by atoms with van der Waals surface area (Å²) in [5.41, 5.74) is 0.688. The lowest BCUT2D eigenvalue weighted by Crippen LogP contribution is -2.35. The highest BCUT2D eigenvalue weighted by molar-refractivity contribution is 5.72. The maximum atomic E-state index is 14.3. The molecule has 164 valence electrons. The summed E-state index contributed by atoms with van der Waals surface area (Å²) < 4.78 is 56.1. The molecule has 2 N–H and O–H groups in total. The topological polar surface area (TPSA) is 120 Å². The maximum absolute atomic E-state index is 14.3. The summed E-state index contributed by atoms with van der Waals surface area (Å²) in [7, 11) is 0. The Balaban J connectivity index is 1.44. The summed E-state index contributed by atoms with van der Waals surface area (Å²) in [6.45, 7) is 1.35. The number of halogens is 3. The van der Waals surface area contributed by atoms with Crippen LogP contribution in [0.4, 0.5) is 18.0 Å². The fraction of sp³-hybridized carbons (Fsp3) is 0.368. The van der Waals surface area contributed by atoms with Crippen LogP contribution in [0.2, 0.25) is 0 Å². The Kier molecular flexibility index (Phi) is 5.29. The van der Waals surface area contributed by atoms with Crippen molar-refractivity contribution in [3.63, 3.8) is 0 Å². The predicted octanol–water partition coefficient (Wildman–Crippen LogP) is 3.49. The molecule has 0 spiro atoms. The van der Waals surface area contributed by atoms with Crippen molar-refractivity contribution in [2.75, 3.05) is 13.2 Å². The number of oxazole rings is 1. The SMILES string of the molecule is C[C@@H](COc1ncc2nc(-c3ccc(OC[C@H]4CC4(F)F)c(F)c3)oc2n1)NC(=O)O. The second-order valence-electron chi connectivity index (χ2n) is 7.14. The summed E-state index contributed by atoms with van der Waals surface area (Å²) in [5.74, 6) is -4.42. The van der Waals surface area contributed by atoms with Crippen LogP contribution in [0.15, 0.2) is 28.8 Å². The lowest BCUT2D eigenvalue weighted by atomic mass is 10.2. The van der Waals surface area contributed by atoms with Crippen LogP contribution in [0.3, 0.4) is 0 Å². The number of carbonyl (C=O) groups is 1. The molecule has 1 aromatic carbocycles. The first-order valence-corrected chi connectivity index (χ1v) is 9.27.